The second-order valence-electron chi connectivity index (χ2n) is 4.51. The van der Waals surface area contributed by atoms with Gasteiger partial charge in [-0.15, -0.1) is 0 Å². The smallest absolute Gasteiger partial charge is 0.242 e. The summed E-state index contributed by atoms with van der Waals surface area (Å²) >= 11 is 4.01. The first-order chi connectivity index (χ1) is 7.95. The molecule has 0 heterocycles. The molecule has 0 radical (unpaired) electrons. The van der Waals surface area contributed by atoms with Crippen LogP contribution in [0.5, 0.6) is 0 Å². The van der Waals surface area contributed by atoms with Gasteiger partial charge in [0.25, 0.3) is 0 Å². The van der Waals surface area contributed by atoms with E-state index in [0.717, 1.165) is 11.3 Å². The van der Waals surface area contributed by atoms with Crippen LogP contribution in [0.4, 0.5) is 5.69 Å². The Hall–Kier alpha value is -1.000. The van der Waals surface area contributed by atoms with Crippen LogP contribution >= 0.6 is 12.6 Å². The van der Waals surface area contributed by atoms with E-state index in [1.54, 1.807) is 0 Å². The fourth-order valence-electron chi connectivity index (χ4n) is 1.44. The van der Waals surface area contributed by atoms with Crippen LogP contribution in [-0.2, 0) is 4.79 Å². The highest BCUT2D eigenvalue weighted by Crippen LogP contribution is 2.22. The van der Waals surface area contributed by atoms with Crippen LogP contribution in [0.25, 0.3) is 0 Å². The number of hydrogen-bond donors (Lipinski definition) is 3. The number of thiol groups is 1. The number of aryl methyl sites for hydroxylation is 1. The molecule has 1 unspecified atom stereocenters. The van der Waals surface area contributed by atoms with Crippen molar-refractivity contribution in [2.75, 3.05) is 11.1 Å². The van der Waals surface area contributed by atoms with Gasteiger partial charge in [0.2, 0.25) is 5.91 Å². The molecular formula is C13H20N2OS. The number of amides is 1. The highest BCUT2D eigenvalue weighted by Gasteiger charge is 2.13. The van der Waals surface area contributed by atoms with Crippen molar-refractivity contribution >= 4 is 24.2 Å². The summed E-state index contributed by atoms with van der Waals surface area (Å²) in [6.45, 7) is 6.21. The lowest BCUT2D eigenvalue weighted by Crippen LogP contribution is -2.37. The maximum atomic E-state index is 11.7. The zero-order valence-corrected chi connectivity index (χ0v) is 11.4. The third-order valence-corrected chi connectivity index (χ3v) is 3.11. The predicted octanol–water partition coefficient (Wildman–Crippen LogP) is 2.31. The van der Waals surface area contributed by atoms with Gasteiger partial charge in [0.05, 0.1) is 6.04 Å². The largest absolute Gasteiger partial charge is 0.324 e. The van der Waals surface area contributed by atoms with Gasteiger partial charge in [0.1, 0.15) is 0 Å². The predicted molar refractivity (Wildman–Crippen MR) is 75.7 cm³/mol. The maximum Gasteiger partial charge on any atom is 0.242 e. The molecule has 1 aromatic carbocycles. The van der Waals surface area contributed by atoms with Crippen molar-refractivity contribution in [1.82, 2.24) is 0 Å². The first-order valence-corrected chi connectivity index (χ1v) is 6.36. The summed E-state index contributed by atoms with van der Waals surface area (Å²) in [5.74, 6) is 0.586. The Morgan fingerprint density at radius 1 is 1.47 bits per heavy atom. The van der Waals surface area contributed by atoms with Gasteiger partial charge in [0.15, 0.2) is 0 Å². The number of carbonyl (C=O) groups is 1. The highest BCUT2D eigenvalue weighted by molar-refractivity contribution is 7.80. The molecule has 0 saturated carbocycles. The molecule has 0 saturated heterocycles. The molecule has 1 amide bonds. The van der Waals surface area contributed by atoms with E-state index in [9.17, 15) is 4.79 Å². The van der Waals surface area contributed by atoms with E-state index in [2.05, 4.69) is 37.9 Å². The monoisotopic (exact) mass is 252 g/mol. The first-order valence-electron chi connectivity index (χ1n) is 5.73. The van der Waals surface area contributed by atoms with Crippen LogP contribution in [0.2, 0.25) is 0 Å². The Balaban J connectivity index is 2.90. The fraction of sp³-hybridized carbons (Fsp3) is 0.462. The molecular weight excluding hydrogens is 232 g/mol. The molecule has 4 heteroatoms. The van der Waals surface area contributed by atoms with E-state index in [0.29, 0.717) is 11.7 Å². The van der Waals surface area contributed by atoms with E-state index in [1.165, 1.54) is 5.56 Å². The Bertz CT molecular complexity index is 404. The SMILES string of the molecule is Cc1ccc(C(C)C)cc1NC(=O)C(N)CS. The molecule has 1 rings (SSSR count). The number of carbonyl (C=O) groups excluding carboxylic acids is 1. The number of anilines is 1. The second kappa shape index (κ2) is 6.07. The third kappa shape index (κ3) is 3.75. The molecule has 0 aromatic heterocycles. The van der Waals surface area contributed by atoms with Gasteiger partial charge in [0, 0.05) is 11.4 Å². The van der Waals surface area contributed by atoms with Gasteiger partial charge in [-0.3, -0.25) is 4.79 Å². The van der Waals surface area contributed by atoms with Crippen molar-refractivity contribution in [2.45, 2.75) is 32.7 Å². The van der Waals surface area contributed by atoms with Gasteiger partial charge in [-0.25, -0.2) is 0 Å². The van der Waals surface area contributed by atoms with Crippen LogP contribution in [0.3, 0.4) is 0 Å². The molecule has 0 spiro atoms. The molecule has 17 heavy (non-hydrogen) atoms. The Labute approximate surface area is 108 Å². The summed E-state index contributed by atoms with van der Waals surface area (Å²) in [4.78, 5) is 11.7. The Kier molecular flexibility index (Phi) is 5.02. The van der Waals surface area contributed by atoms with Crippen LogP contribution in [-0.4, -0.2) is 17.7 Å². The van der Waals surface area contributed by atoms with E-state index in [-0.39, 0.29) is 5.91 Å². The van der Waals surface area contributed by atoms with Crippen LogP contribution in [0.1, 0.15) is 30.9 Å². The molecule has 94 valence electrons. The van der Waals surface area contributed by atoms with Crippen molar-refractivity contribution in [3.8, 4) is 0 Å². The minimum atomic E-state index is -0.569. The molecule has 3 N–H and O–H groups in total. The Morgan fingerprint density at radius 3 is 2.65 bits per heavy atom. The van der Waals surface area contributed by atoms with Crippen molar-refractivity contribution in [3.05, 3.63) is 29.3 Å². The summed E-state index contributed by atoms with van der Waals surface area (Å²) in [6, 6.07) is 5.52. The van der Waals surface area contributed by atoms with Crippen molar-refractivity contribution < 1.29 is 4.79 Å². The molecule has 0 aliphatic carbocycles. The Morgan fingerprint density at radius 2 is 2.12 bits per heavy atom. The number of nitrogens with two attached hydrogens (primary N) is 1. The second-order valence-corrected chi connectivity index (χ2v) is 4.87. The summed E-state index contributed by atoms with van der Waals surface area (Å²) in [6.07, 6.45) is 0. The maximum absolute atomic E-state index is 11.7. The van der Waals surface area contributed by atoms with Gasteiger partial charge in [-0.05, 0) is 30.0 Å². The quantitative estimate of drug-likeness (QED) is 0.720. The lowest BCUT2D eigenvalue weighted by molar-refractivity contribution is -0.116. The summed E-state index contributed by atoms with van der Waals surface area (Å²) < 4.78 is 0. The molecule has 0 aliphatic heterocycles. The zero-order valence-electron chi connectivity index (χ0n) is 10.5. The average Bonchev–Trinajstić information content (AvgIpc) is 2.30. The normalized spacial score (nSPS) is 12.6. The van der Waals surface area contributed by atoms with Gasteiger partial charge in [-0.2, -0.15) is 12.6 Å². The minimum absolute atomic E-state index is 0.191. The van der Waals surface area contributed by atoms with Crippen molar-refractivity contribution in [2.24, 2.45) is 5.73 Å². The summed E-state index contributed by atoms with van der Waals surface area (Å²) in [5.41, 5.74) is 8.69. The molecule has 3 nitrogen and oxygen atoms in total. The first kappa shape index (κ1) is 14.1. The molecule has 0 aliphatic rings. The minimum Gasteiger partial charge on any atom is -0.324 e. The molecule has 1 atom stereocenters. The van der Waals surface area contributed by atoms with E-state index in [4.69, 9.17) is 5.73 Å². The highest BCUT2D eigenvalue weighted by atomic mass is 32.1. The number of nitrogens with one attached hydrogen (secondary N) is 1. The van der Waals surface area contributed by atoms with E-state index in [1.807, 2.05) is 19.1 Å². The van der Waals surface area contributed by atoms with Gasteiger partial charge < -0.3 is 11.1 Å². The average molecular weight is 252 g/mol. The number of benzene rings is 1. The van der Waals surface area contributed by atoms with Gasteiger partial charge >= 0.3 is 0 Å². The number of rotatable bonds is 4. The number of hydrogen-bond acceptors (Lipinski definition) is 3. The molecule has 0 bridgehead atoms. The van der Waals surface area contributed by atoms with Crippen LogP contribution in [0, 0.1) is 6.92 Å². The third-order valence-electron chi connectivity index (χ3n) is 2.72. The van der Waals surface area contributed by atoms with Crippen LogP contribution in [0.15, 0.2) is 18.2 Å². The lowest BCUT2D eigenvalue weighted by atomic mass is 10.0. The van der Waals surface area contributed by atoms with Crippen molar-refractivity contribution in [3.63, 3.8) is 0 Å². The van der Waals surface area contributed by atoms with Gasteiger partial charge in [-0.1, -0.05) is 26.0 Å². The molecule has 1 aromatic rings. The van der Waals surface area contributed by atoms with Crippen LogP contribution < -0.4 is 11.1 Å². The topological polar surface area (TPSA) is 55.1 Å². The van der Waals surface area contributed by atoms with Crippen molar-refractivity contribution in [1.29, 1.82) is 0 Å². The standard InChI is InChI=1S/C13H20N2OS/c1-8(2)10-5-4-9(3)12(6-10)15-13(16)11(14)7-17/h4-6,8,11,17H,7,14H2,1-3H3,(H,15,16). The summed E-state index contributed by atoms with van der Waals surface area (Å²) in [7, 11) is 0. The lowest BCUT2D eigenvalue weighted by Gasteiger charge is -2.14. The van der Waals surface area contributed by atoms with E-state index < -0.39 is 6.04 Å². The van der Waals surface area contributed by atoms with E-state index >= 15 is 0 Å². The fourth-order valence-corrected chi connectivity index (χ4v) is 1.61. The zero-order chi connectivity index (χ0) is 13.0. The molecule has 0 fully saturated rings. The summed E-state index contributed by atoms with van der Waals surface area (Å²) in [5, 5.41) is 2.84.